The quantitative estimate of drug-likeness (QED) is 0.704. The van der Waals surface area contributed by atoms with Gasteiger partial charge in [-0.05, 0) is 52.0 Å². The highest BCUT2D eigenvalue weighted by Crippen LogP contribution is 2.22. The van der Waals surface area contributed by atoms with E-state index >= 15 is 0 Å². The Kier molecular flexibility index (Phi) is 5.00. The van der Waals surface area contributed by atoms with Crippen molar-refractivity contribution in [3.63, 3.8) is 0 Å². The Morgan fingerprint density at radius 3 is 2.38 bits per heavy atom. The van der Waals surface area contributed by atoms with E-state index in [4.69, 9.17) is 0 Å². The van der Waals surface area contributed by atoms with Crippen molar-refractivity contribution in [1.29, 1.82) is 0 Å². The summed E-state index contributed by atoms with van der Waals surface area (Å²) >= 11 is 3.43. The van der Waals surface area contributed by atoms with Gasteiger partial charge >= 0.3 is 0 Å². The van der Waals surface area contributed by atoms with Gasteiger partial charge in [0.05, 0.1) is 34.9 Å². The summed E-state index contributed by atoms with van der Waals surface area (Å²) in [6, 6.07) is 7.68. The van der Waals surface area contributed by atoms with E-state index in [1.807, 2.05) is 63.7 Å². The fraction of sp³-hybridized carbons (Fsp3) is 0.316. The minimum Gasteiger partial charge on any atom is -0.345 e. The number of aryl methyl sites for hydroxylation is 2. The molecule has 1 aromatic carbocycles. The molecule has 0 saturated heterocycles. The molecule has 1 amide bonds. The number of hydrogen-bond donors (Lipinski definition) is 1. The molecule has 0 bridgehead atoms. The molecule has 0 radical (unpaired) electrons. The van der Waals surface area contributed by atoms with Gasteiger partial charge < -0.3 is 5.32 Å². The van der Waals surface area contributed by atoms with Crippen molar-refractivity contribution in [3.8, 4) is 5.69 Å². The van der Waals surface area contributed by atoms with Gasteiger partial charge in [0, 0.05) is 22.8 Å². The molecular formula is C19H22BrN5O. The summed E-state index contributed by atoms with van der Waals surface area (Å²) < 4.78 is 4.61. The minimum absolute atomic E-state index is 0.133. The normalized spacial score (nSPS) is 12.2. The Labute approximate surface area is 161 Å². The van der Waals surface area contributed by atoms with Crippen LogP contribution in [-0.2, 0) is 7.05 Å². The largest absolute Gasteiger partial charge is 0.345 e. The maximum Gasteiger partial charge on any atom is 0.255 e. The summed E-state index contributed by atoms with van der Waals surface area (Å²) in [4.78, 5) is 12.8. The molecule has 136 valence electrons. The minimum atomic E-state index is -0.138. The number of benzene rings is 1. The number of carbonyl (C=O) groups excluding carboxylic acids is 1. The van der Waals surface area contributed by atoms with Crippen molar-refractivity contribution in [3.05, 3.63) is 63.1 Å². The molecule has 2 heterocycles. The van der Waals surface area contributed by atoms with Crippen molar-refractivity contribution in [2.75, 3.05) is 0 Å². The molecule has 26 heavy (non-hydrogen) atoms. The second-order valence-corrected chi connectivity index (χ2v) is 7.35. The molecule has 2 aromatic heterocycles. The predicted octanol–water partition coefficient (Wildman–Crippen LogP) is 3.78. The lowest BCUT2D eigenvalue weighted by molar-refractivity contribution is 0.0939. The van der Waals surface area contributed by atoms with Crippen molar-refractivity contribution in [2.24, 2.45) is 7.05 Å². The van der Waals surface area contributed by atoms with Crippen molar-refractivity contribution in [2.45, 2.75) is 33.7 Å². The van der Waals surface area contributed by atoms with Crippen molar-refractivity contribution < 1.29 is 4.79 Å². The Morgan fingerprint density at radius 1 is 1.15 bits per heavy atom. The Balaban J connectivity index is 1.83. The molecule has 0 aliphatic heterocycles. The van der Waals surface area contributed by atoms with Crippen LogP contribution in [0.15, 0.2) is 34.9 Å². The summed E-state index contributed by atoms with van der Waals surface area (Å²) in [5.74, 6) is -0.138. The van der Waals surface area contributed by atoms with Crippen LogP contribution in [0.2, 0.25) is 0 Å². The summed E-state index contributed by atoms with van der Waals surface area (Å²) in [7, 11) is 1.91. The van der Waals surface area contributed by atoms with Crippen molar-refractivity contribution in [1.82, 2.24) is 24.9 Å². The third-order valence-corrected chi connectivity index (χ3v) is 5.20. The van der Waals surface area contributed by atoms with Crippen LogP contribution in [-0.4, -0.2) is 25.5 Å². The van der Waals surface area contributed by atoms with E-state index in [1.54, 1.807) is 10.9 Å². The van der Waals surface area contributed by atoms with Gasteiger partial charge in [0.15, 0.2) is 0 Å². The van der Waals surface area contributed by atoms with Crippen LogP contribution in [0.1, 0.15) is 46.0 Å². The molecule has 0 fully saturated rings. The summed E-state index contributed by atoms with van der Waals surface area (Å²) in [5.41, 5.74) is 5.32. The monoisotopic (exact) mass is 415 g/mol. The second kappa shape index (κ2) is 7.07. The summed E-state index contributed by atoms with van der Waals surface area (Å²) in [6.45, 7) is 7.84. The first-order valence-corrected chi connectivity index (χ1v) is 9.20. The zero-order chi connectivity index (χ0) is 19.0. The maximum atomic E-state index is 12.8. The number of halogens is 1. The van der Waals surface area contributed by atoms with Crippen LogP contribution in [0.25, 0.3) is 5.69 Å². The van der Waals surface area contributed by atoms with E-state index in [0.717, 1.165) is 32.8 Å². The standard InChI is InChI=1S/C19H22BrN5O/c1-11(18-12(2)23-24(5)14(18)4)22-19(26)17-10-21-25(13(17)3)16-8-6-15(20)7-9-16/h6-11H,1-5H3,(H,22,26). The average Bonchev–Trinajstić information content (AvgIpc) is 3.08. The Hall–Kier alpha value is -2.41. The zero-order valence-electron chi connectivity index (χ0n) is 15.5. The van der Waals surface area contributed by atoms with E-state index in [0.29, 0.717) is 5.56 Å². The first-order valence-electron chi connectivity index (χ1n) is 8.41. The number of rotatable bonds is 4. The zero-order valence-corrected chi connectivity index (χ0v) is 17.1. The van der Waals surface area contributed by atoms with Gasteiger partial charge in [-0.3, -0.25) is 9.48 Å². The second-order valence-electron chi connectivity index (χ2n) is 6.44. The van der Waals surface area contributed by atoms with Gasteiger partial charge in [0.1, 0.15) is 0 Å². The lowest BCUT2D eigenvalue weighted by Gasteiger charge is -2.15. The Bertz CT molecular complexity index is 955. The van der Waals surface area contributed by atoms with Crippen LogP contribution in [0.3, 0.4) is 0 Å². The van der Waals surface area contributed by atoms with Gasteiger partial charge in [-0.1, -0.05) is 15.9 Å². The maximum absolute atomic E-state index is 12.8. The topological polar surface area (TPSA) is 64.7 Å². The molecule has 0 saturated carbocycles. The number of aromatic nitrogens is 4. The molecule has 0 aliphatic rings. The molecule has 6 nitrogen and oxygen atoms in total. The van der Waals surface area contributed by atoms with Gasteiger partial charge in [0.25, 0.3) is 5.91 Å². The third-order valence-electron chi connectivity index (χ3n) is 4.67. The number of amides is 1. The molecule has 1 unspecified atom stereocenters. The van der Waals surface area contributed by atoms with Crippen molar-refractivity contribution >= 4 is 21.8 Å². The van der Waals surface area contributed by atoms with Gasteiger partial charge in [-0.2, -0.15) is 10.2 Å². The number of hydrogen-bond acceptors (Lipinski definition) is 3. The van der Waals surface area contributed by atoms with E-state index < -0.39 is 0 Å². The summed E-state index contributed by atoms with van der Waals surface area (Å²) in [6.07, 6.45) is 1.61. The highest BCUT2D eigenvalue weighted by Gasteiger charge is 2.21. The first-order chi connectivity index (χ1) is 12.3. The molecule has 1 atom stereocenters. The lowest BCUT2D eigenvalue weighted by atomic mass is 10.1. The lowest BCUT2D eigenvalue weighted by Crippen LogP contribution is -2.27. The van der Waals surface area contributed by atoms with E-state index in [-0.39, 0.29) is 11.9 Å². The fourth-order valence-electron chi connectivity index (χ4n) is 3.24. The van der Waals surface area contributed by atoms with Crippen LogP contribution >= 0.6 is 15.9 Å². The average molecular weight is 416 g/mol. The van der Waals surface area contributed by atoms with Crippen LogP contribution in [0.5, 0.6) is 0 Å². The van der Waals surface area contributed by atoms with Crippen LogP contribution < -0.4 is 5.32 Å². The SMILES string of the molecule is Cc1nn(C)c(C)c1C(C)NC(=O)c1cnn(-c2ccc(Br)cc2)c1C. The molecular weight excluding hydrogens is 394 g/mol. The third kappa shape index (κ3) is 3.31. The smallest absolute Gasteiger partial charge is 0.255 e. The number of nitrogens with zero attached hydrogens (tertiary/aromatic N) is 4. The predicted molar refractivity (Wildman–Crippen MR) is 105 cm³/mol. The number of carbonyl (C=O) groups is 1. The van der Waals surface area contributed by atoms with E-state index in [2.05, 4.69) is 31.4 Å². The fourth-order valence-corrected chi connectivity index (χ4v) is 3.50. The van der Waals surface area contributed by atoms with Crippen LogP contribution in [0.4, 0.5) is 0 Å². The number of nitrogens with one attached hydrogen (secondary N) is 1. The molecule has 1 N–H and O–H groups in total. The van der Waals surface area contributed by atoms with Gasteiger partial charge in [-0.25, -0.2) is 4.68 Å². The Morgan fingerprint density at radius 2 is 1.81 bits per heavy atom. The molecule has 3 aromatic rings. The molecule has 3 rings (SSSR count). The van der Waals surface area contributed by atoms with E-state index in [1.165, 1.54) is 0 Å². The molecule has 0 aliphatic carbocycles. The van der Waals surface area contributed by atoms with Gasteiger partial charge in [0.2, 0.25) is 0 Å². The highest BCUT2D eigenvalue weighted by atomic mass is 79.9. The van der Waals surface area contributed by atoms with E-state index in [9.17, 15) is 4.79 Å². The highest BCUT2D eigenvalue weighted by molar-refractivity contribution is 9.10. The van der Waals surface area contributed by atoms with Gasteiger partial charge in [-0.15, -0.1) is 0 Å². The van der Waals surface area contributed by atoms with Crippen LogP contribution in [0, 0.1) is 20.8 Å². The molecule has 0 spiro atoms. The first kappa shape index (κ1) is 18.4. The summed E-state index contributed by atoms with van der Waals surface area (Å²) in [5, 5.41) is 11.9. The molecule has 7 heteroatoms.